The van der Waals surface area contributed by atoms with Crippen molar-refractivity contribution in [2.75, 3.05) is 13.1 Å². The van der Waals surface area contributed by atoms with Gasteiger partial charge < -0.3 is 10.2 Å². The van der Waals surface area contributed by atoms with Crippen molar-refractivity contribution >= 4 is 5.91 Å². The first-order valence-electron chi connectivity index (χ1n) is 10.2. The summed E-state index contributed by atoms with van der Waals surface area (Å²) in [5.41, 5.74) is 1.71. The Kier molecular flexibility index (Phi) is 4.86. The molecule has 1 aromatic carbocycles. The summed E-state index contributed by atoms with van der Waals surface area (Å²) in [4.78, 5) is 15.0. The number of fused-ring (bicyclic) bond motifs is 2. The van der Waals surface area contributed by atoms with Gasteiger partial charge in [-0.15, -0.1) is 0 Å². The summed E-state index contributed by atoms with van der Waals surface area (Å²) in [7, 11) is 0. The standard InChI is InChI=1S/C22H32N2O/c1-22(10-9-17-5-3-2-4-6-17)11-12-24(16-22)21(25)15-18-13-19-7-8-20(14-18)23-19/h2-6,18-20,23H,7-16H2,1H3. The lowest BCUT2D eigenvalue weighted by Crippen LogP contribution is -2.40. The predicted molar refractivity (Wildman–Crippen MR) is 101 cm³/mol. The summed E-state index contributed by atoms with van der Waals surface area (Å²) in [6.45, 7) is 4.28. The van der Waals surface area contributed by atoms with Gasteiger partial charge in [0.25, 0.3) is 0 Å². The number of amides is 1. The fourth-order valence-electron chi connectivity index (χ4n) is 5.25. The lowest BCUT2D eigenvalue weighted by Gasteiger charge is -2.30. The van der Waals surface area contributed by atoms with Gasteiger partial charge in [0.15, 0.2) is 0 Å². The van der Waals surface area contributed by atoms with Gasteiger partial charge >= 0.3 is 0 Å². The van der Waals surface area contributed by atoms with Crippen LogP contribution in [0.4, 0.5) is 0 Å². The number of likely N-dealkylation sites (tertiary alicyclic amines) is 1. The molecule has 0 aromatic heterocycles. The second-order valence-electron chi connectivity index (χ2n) is 9.04. The number of hydrogen-bond acceptors (Lipinski definition) is 2. The molecule has 136 valence electrons. The van der Waals surface area contributed by atoms with E-state index in [-0.39, 0.29) is 0 Å². The van der Waals surface area contributed by atoms with E-state index in [2.05, 4.69) is 47.5 Å². The van der Waals surface area contributed by atoms with Gasteiger partial charge in [0, 0.05) is 31.6 Å². The summed E-state index contributed by atoms with van der Waals surface area (Å²) >= 11 is 0. The Hall–Kier alpha value is -1.35. The van der Waals surface area contributed by atoms with Gasteiger partial charge in [0.05, 0.1) is 0 Å². The quantitative estimate of drug-likeness (QED) is 0.885. The van der Waals surface area contributed by atoms with E-state index in [0.29, 0.717) is 29.3 Å². The Morgan fingerprint density at radius 1 is 1.20 bits per heavy atom. The van der Waals surface area contributed by atoms with Gasteiger partial charge in [-0.05, 0) is 61.8 Å². The van der Waals surface area contributed by atoms with E-state index in [9.17, 15) is 4.79 Å². The van der Waals surface area contributed by atoms with E-state index >= 15 is 0 Å². The number of nitrogens with one attached hydrogen (secondary N) is 1. The fourth-order valence-corrected chi connectivity index (χ4v) is 5.25. The summed E-state index contributed by atoms with van der Waals surface area (Å²) in [5.74, 6) is 1.03. The highest BCUT2D eigenvalue weighted by Crippen LogP contribution is 2.37. The monoisotopic (exact) mass is 340 g/mol. The lowest BCUT2D eigenvalue weighted by molar-refractivity contribution is -0.131. The molecule has 2 bridgehead atoms. The molecular formula is C22H32N2O. The molecule has 1 aromatic rings. The average molecular weight is 341 g/mol. The molecule has 1 N–H and O–H groups in total. The molecule has 3 atom stereocenters. The first-order chi connectivity index (χ1) is 12.1. The second-order valence-corrected chi connectivity index (χ2v) is 9.04. The predicted octanol–water partition coefficient (Wildman–Crippen LogP) is 3.78. The molecule has 1 amide bonds. The Morgan fingerprint density at radius 3 is 2.64 bits per heavy atom. The first kappa shape index (κ1) is 17.1. The summed E-state index contributed by atoms with van der Waals surface area (Å²) in [6.07, 6.45) is 9.29. The van der Waals surface area contributed by atoms with Crippen LogP contribution in [0.15, 0.2) is 30.3 Å². The molecule has 4 rings (SSSR count). The SMILES string of the molecule is CC1(CCc2ccccc2)CCN(C(=O)CC2CC3CCC(C2)N3)C1. The second kappa shape index (κ2) is 7.11. The molecule has 0 saturated carbocycles. The van der Waals surface area contributed by atoms with Gasteiger partial charge in [-0.25, -0.2) is 0 Å². The third-order valence-electron chi connectivity index (χ3n) is 6.80. The van der Waals surface area contributed by atoms with Crippen LogP contribution >= 0.6 is 0 Å². The largest absolute Gasteiger partial charge is 0.342 e. The number of rotatable bonds is 5. The van der Waals surface area contributed by atoms with E-state index in [1.54, 1.807) is 0 Å². The number of nitrogens with zero attached hydrogens (tertiary/aromatic N) is 1. The van der Waals surface area contributed by atoms with Crippen LogP contribution in [0, 0.1) is 11.3 Å². The molecule has 0 spiro atoms. The van der Waals surface area contributed by atoms with Crippen LogP contribution in [0.2, 0.25) is 0 Å². The van der Waals surface area contributed by atoms with Crippen molar-refractivity contribution in [1.29, 1.82) is 0 Å². The van der Waals surface area contributed by atoms with Gasteiger partial charge in [0.2, 0.25) is 5.91 Å². The fraction of sp³-hybridized carbons (Fsp3) is 0.682. The molecule has 3 aliphatic heterocycles. The normalized spacial score (nSPS) is 34.4. The number of piperidine rings is 1. The zero-order chi connectivity index (χ0) is 17.3. The highest BCUT2D eigenvalue weighted by Gasteiger charge is 2.38. The van der Waals surface area contributed by atoms with Crippen molar-refractivity contribution in [2.45, 2.75) is 70.4 Å². The topological polar surface area (TPSA) is 32.3 Å². The van der Waals surface area contributed by atoms with Crippen LogP contribution in [0.5, 0.6) is 0 Å². The van der Waals surface area contributed by atoms with Crippen LogP contribution in [0.25, 0.3) is 0 Å². The van der Waals surface area contributed by atoms with E-state index < -0.39 is 0 Å². The minimum atomic E-state index is 0.290. The summed E-state index contributed by atoms with van der Waals surface area (Å²) in [5, 5.41) is 3.68. The van der Waals surface area contributed by atoms with Gasteiger partial charge in [-0.3, -0.25) is 4.79 Å². The maximum Gasteiger partial charge on any atom is 0.222 e. The number of carbonyl (C=O) groups is 1. The summed E-state index contributed by atoms with van der Waals surface area (Å²) < 4.78 is 0. The Morgan fingerprint density at radius 2 is 1.92 bits per heavy atom. The molecule has 3 heterocycles. The molecule has 3 fully saturated rings. The van der Waals surface area contributed by atoms with Crippen LogP contribution in [-0.4, -0.2) is 36.0 Å². The highest BCUT2D eigenvalue weighted by molar-refractivity contribution is 5.76. The van der Waals surface area contributed by atoms with Crippen molar-refractivity contribution in [3.8, 4) is 0 Å². The molecule has 0 radical (unpaired) electrons. The van der Waals surface area contributed by atoms with Crippen LogP contribution in [0.3, 0.4) is 0 Å². The highest BCUT2D eigenvalue weighted by atomic mass is 16.2. The molecule has 3 aliphatic rings. The lowest BCUT2D eigenvalue weighted by atomic mass is 9.83. The van der Waals surface area contributed by atoms with Crippen molar-refractivity contribution in [2.24, 2.45) is 11.3 Å². The molecule has 3 heteroatoms. The molecule has 3 unspecified atom stereocenters. The minimum Gasteiger partial charge on any atom is -0.342 e. The van der Waals surface area contributed by atoms with E-state index in [4.69, 9.17) is 0 Å². The smallest absolute Gasteiger partial charge is 0.222 e. The zero-order valence-electron chi connectivity index (χ0n) is 15.5. The van der Waals surface area contributed by atoms with Crippen LogP contribution < -0.4 is 5.32 Å². The van der Waals surface area contributed by atoms with Crippen molar-refractivity contribution in [3.63, 3.8) is 0 Å². The summed E-state index contributed by atoms with van der Waals surface area (Å²) in [6, 6.07) is 12.1. The molecular weight excluding hydrogens is 308 g/mol. The number of aryl methyl sites for hydroxylation is 1. The van der Waals surface area contributed by atoms with Gasteiger partial charge in [0.1, 0.15) is 0 Å². The zero-order valence-corrected chi connectivity index (χ0v) is 15.5. The maximum atomic E-state index is 12.8. The Balaban J connectivity index is 1.27. The van der Waals surface area contributed by atoms with E-state index in [0.717, 1.165) is 32.4 Å². The number of carbonyl (C=O) groups excluding carboxylic acids is 1. The Labute approximate surface area is 152 Å². The molecule has 3 saturated heterocycles. The van der Waals surface area contributed by atoms with Crippen LogP contribution in [-0.2, 0) is 11.2 Å². The maximum absolute atomic E-state index is 12.8. The van der Waals surface area contributed by atoms with Gasteiger partial charge in [-0.1, -0.05) is 37.3 Å². The van der Waals surface area contributed by atoms with E-state index in [1.807, 2.05) is 0 Å². The first-order valence-corrected chi connectivity index (χ1v) is 10.2. The van der Waals surface area contributed by atoms with E-state index in [1.165, 1.54) is 37.7 Å². The number of hydrogen-bond donors (Lipinski definition) is 1. The van der Waals surface area contributed by atoms with Crippen LogP contribution in [0.1, 0.15) is 57.4 Å². The number of benzene rings is 1. The minimum absolute atomic E-state index is 0.290. The molecule has 25 heavy (non-hydrogen) atoms. The Bertz CT molecular complexity index is 589. The average Bonchev–Trinajstić information content (AvgIpc) is 3.17. The molecule has 3 nitrogen and oxygen atoms in total. The van der Waals surface area contributed by atoms with Gasteiger partial charge in [-0.2, -0.15) is 0 Å². The molecule has 0 aliphatic carbocycles. The third kappa shape index (κ3) is 4.08. The van der Waals surface area contributed by atoms with Crippen molar-refractivity contribution in [3.05, 3.63) is 35.9 Å². The van der Waals surface area contributed by atoms with Crippen molar-refractivity contribution < 1.29 is 4.79 Å². The third-order valence-corrected chi connectivity index (χ3v) is 6.80. The van der Waals surface area contributed by atoms with Crippen molar-refractivity contribution in [1.82, 2.24) is 10.2 Å².